The van der Waals surface area contributed by atoms with Crippen LogP contribution in [0.3, 0.4) is 0 Å². The van der Waals surface area contributed by atoms with Gasteiger partial charge in [-0.3, -0.25) is 4.79 Å². The molecule has 1 aliphatic rings. The fourth-order valence-corrected chi connectivity index (χ4v) is 4.25. The van der Waals surface area contributed by atoms with Gasteiger partial charge in [-0.15, -0.1) is 11.3 Å². The molecule has 0 unspecified atom stereocenters. The minimum atomic E-state index is -0.641. The molecule has 1 saturated carbocycles. The summed E-state index contributed by atoms with van der Waals surface area (Å²) in [5.74, 6) is -0.204. The number of carboxylic acid groups (broad SMARTS) is 1. The predicted molar refractivity (Wildman–Crippen MR) is 97.8 cm³/mol. The highest BCUT2D eigenvalue weighted by molar-refractivity contribution is 9.10. The van der Waals surface area contributed by atoms with E-state index >= 15 is 0 Å². The Balaban J connectivity index is 1.46. The molecule has 0 saturated heterocycles. The molecule has 2 N–H and O–H groups in total. The second-order valence-electron chi connectivity index (χ2n) is 6.15. The van der Waals surface area contributed by atoms with Gasteiger partial charge in [-0.2, -0.15) is 0 Å². The van der Waals surface area contributed by atoms with Crippen molar-refractivity contribution in [3.63, 3.8) is 0 Å². The van der Waals surface area contributed by atoms with Crippen LogP contribution in [0.5, 0.6) is 0 Å². The molecule has 0 atom stereocenters. The normalized spacial score (nSPS) is 20.9. The lowest BCUT2D eigenvalue weighted by molar-refractivity contribution is -0.143. The number of carboxylic acids is 1. The molecule has 2 aromatic rings. The van der Waals surface area contributed by atoms with Gasteiger partial charge in [0, 0.05) is 12.7 Å². The van der Waals surface area contributed by atoms with Crippen molar-refractivity contribution in [2.75, 3.05) is 6.54 Å². The van der Waals surface area contributed by atoms with Crippen molar-refractivity contribution >= 4 is 33.2 Å². The van der Waals surface area contributed by atoms with E-state index in [9.17, 15) is 4.79 Å². The second-order valence-corrected chi connectivity index (χ2v) is 8.08. The molecular formula is C17H20BrN3O2S. The maximum Gasteiger partial charge on any atom is 0.306 e. The van der Waals surface area contributed by atoms with E-state index in [4.69, 9.17) is 5.11 Å². The Labute approximate surface area is 153 Å². The van der Waals surface area contributed by atoms with Gasteiger partial charge in [0.05, 0.1) is 16.5 Å². The topological polar surface area (TPSA) is 75.1 Å². The molecule has 2 aromatic heterocycles. The lowest BCUT2D eigenvalue weighted by Gasteiger charge is -2.26. The SMILES string of the molecule is O=C(O)[C@H]1CC[C@H](CNCc2ncc(-c3cccc(Br)n3)s2)CC1. The molecule has 1 aliphatic carbocycles. The number of nitrogens with one attached hydrogen (secondary N) is 1. The Morgan fingerprint density at radius 1 is 1.33 bits per heavy atom. The Morgan fingerprint density at radius 2 is 2.12 bits per heavy atom. The molecular weight excluding hydrogens is 390 g/mol. The van der Waals surface area contributed by atoms with Gasteiger partial charge in [-0.1, -0.05) is 6.07 Å². The van der Waals surface area contributed by atoms with Gasteiger partial charge in [0.2, 0.25) is 0 Å². The lowest BCUT2D eigenvalue weighted by atomic mass is 9.82. The molecule has 0 radical (unpaired) electrons. The van der Waals surface area contributed by atoms with Gasteiger partial charge in [-0.05, 0) is 66.2 Å². The smallest absolute Gasteiger partial charge is 0.306 e. The van der Waals surface area contributed by atoms with E-state index in [0.717, 1.165) is 59.0 Å². The quantitative estimate of drug-likeness (QED) is 0.706. The van der Waals surface area contributed by atoms with Gasteiger partial charge >= 0.3 is 5.97 Å². The monoisotopic (exact) mass is 409 g/mol. The average molecular weight is 410 g/mol. The van der Waals surface area contributed by atoms with E-state index in [1.807, 2.05) is 24.4 Å². The van der Waals surface area contributed by atoms with Crippen LogP contribution in [0.1, 0.15) is 30.7 Å². The third-order valence-electron chi connectivity index (χ3n) is 4.43. The molecule has 3 rings (SSSR count). The van der Waals surface area contributed by atoms with E-state index in [1.165, 1.54) is 0 Å². The average Bonchev–Trinajstić information content (AvgIpc) is 3.04. The number of carbonyl (C=O) groups is 1. The van der Waals surface area contributed by atoms with Gasteiger partial charge in [-0.25, -0.2) is 9.97 Å². The third kappa shape index (κ3) is 4.62. The summed E-state index contributed by atoms with van der Waals surface area (Å²) in [5.41, 5.74) is 0.931. The summed E-state index contributed by atoms with van der Waals surface area (Å²) in [6.45, 7) is 1.67. The van der Waals surface area contributed by atoms with Crippen LogP contribution in [-0.4, -0.2) is 27.6 Å². The zero-order valence-electron chi connectivity index (χ0n) is 13.2. The summed E-state index contributed by atoms with van der Waals surface area (Å²) in [6, 6.07) is 5.86. The van der Waals surface area contributed by atoms with Crippen molar-refractivity contribution in [2.45, 2.75) is 32.2 Å². The summed E-state index contributed by atoms with van der Waals surface area (Å²) < 4.78 is 0.824. The molecule has 0 bridgehead atoms. The van der Waals surface area contributed by atoms with Crippen molar-refractivity contribution in [2.24, 2.45) is 11.8 Å². The van der Waals surface area contributed by atoms with Crippen molar-refractivity contribution in [1.82, 2.24) is 15.3 Å². The number of halogens is 1. The molecule has 0 spiro atoms. The van der Waals surface area contributed by atoms with Crippen LogP contribution in [0.15, 0.2) is 29.0 Å². The van der Waals surface area contributed by atoms with Gasteiger partial charge in [0.15, 0.2) is 0 Å². The predicted octanol–water partition coefficient (Wildman–Crippen LogP) is 3.95. The number of rotatable bonds is 6. The van der Waals surface area contributed by atoms with Crippen LogP contribution in [0.2, 0.25) is 0 Å². The Morgan fingerprint density at radius 3 is 2.83 bits per heavy atom. The molecule has 1 fully saturated rings. The molecule has 0 aliphatic heterocycles. The van der Waals surface area contributed by atoms with Crippen LogP contribution in [0.25, 0.3) is 10.6 Å². The maximum atomic E-state index is 11.0. The summed E-state index contributed by atoms with van der Waals surface area (Å²) in [4.78, 5) is 20.9. The van der Waals surface area contributed by atoms with Crippen LogP contribution in [0, 0.1) is 11.8 Å². The number of nitrogens with zero attached hydrogens (tertiary/aromatic N) is 2. The molecule has 7 heteroatoms. The number of hydrogen-bond donors (Lipinski definition) is 2. The first-order valence-electron chi connectivity index (χ1n) is 8.13. The first kappa shape index (κ1) is 17.5. The highest BCUT2D eigenvalue weighted by Gasteiger charge is 2.25. The van der Waals surface area contributed by atoms with Crippen LogP contribution in [0.4, 0.5) is 0 Å². The molecule has 24 heavy (non-hydrogen) atoms. The van der Waals surface area contributed by atoms with Gasteiger partial charge in [0.25, 0.3) is 0 Å². The van der Waals surface area contributed by atoms with Crippen LogP contribution in [-0.2, 0) is 11.3 Å². The van der Waals surface area contributed by atoms with Crippen molar-refractivity contribution in [3.05, 3.63) is 34.0 Å². The first-order valence-corrected chi connectivity index (χ1v) is 9.74. The number of aromatic nitrogens is 2. The second kappa shape index (κ2) is 8.18. The van der Waals surface area contributed by atoms with Crippen molar-refractivity contribution < 1.29 is 9.90 Å². The molecule has 128 valence electrons. The Kier molecular flexibility index (Phi) is 5.97. The lowest BCUT2D eigenvalue weighted by Crippen LogP contribution is -2.28. The third-order valence-corrected chi connectivity index (χ3v) is 5.89. The van der Waals surface area contributed by atoms with Gasteiger partial charge < -0.3 is 10.4 Å². The van der Waals surface area contributed by atoms with E-state index in [-0.39, 0.29) is 5.92 Å². The minimum Gasteiger partial charge on any atom is -0.481 e. The van der Waals surface area contributed by atoms with E-state index in [0.29, 0.717) is 5.92 Å². The van der Waals surface area contributed by atoms with Gasteiger partial charge in [0.1, 0.15) is 9.61 Å². The van der Waals surface area contributed by atoms with Crippen molar-refractivity contribution in [1.29, 1.82) is 0 Å². The van der Waals surface area contributed by atoms with E-state index in [2.05, 4.69) is 31.2 Å². The minimum absolute atomic E-state index is 0.138. The zero-order valence-corrected chi connectivity index (χ0v) is 15.6. The number of hydrogen-bond acceptors (Lipinski definition) is 5. The summed E-state index contributed by atoms with van der Waals surface area (Å²) >= 11 is 5.04. The zero-order chi connectivity index (χ0) is 16.9. The molecule has 2 heterocycles. The highest BCUT2D eigenvalue weighted by atomic mass is 79.9. The Hall–Kier alpha value is -1.31. The van der Waals surface area contributed by atoms with Crippen molar-refractivity contribution in [3.8, 4) is 10.6 Å². The first-order chi connectivity index (χ1) is 11.6. The van der Waals surface area contributed by atoms with E-state index < -0.39 is 5.97 Å². The largest absolute Gasteiger partial charge is 0.481 e. The Bertz CT molecular complexity index is 699. The molecule has 0 aromatic carbocycles. The summed E-state index contributed by atoms with van der Waals surface area (Å²) in [7, 11) is 0. The fraction of sp³-hybridized carbons (Fsp3) is 0.471. The standard InChI is InChI=1S/C17H20BrN3O2S/c18-15-3-1-2-13(21-15)14-9-20-16(24-14)10-19-8-11-4-6-12(7-5-11)17(22)23/h1-3,9,11-12,19H,4-8,10H2,(H,22,23)/t11-,12-. The van der Waals surface area contributed by atoms with E-state index in [1.54, 1.807) is 11.3 Å². The summed E-state index contributed by atoms with van der Waals surface area (Å²) in [5, 5.41) is 13.5. The number of pyridine rings is 1. The number of thiazole rings is 1. The molecule has 5 nitrogen and oxygen atoms in total. The van der Waals surface area contributed by atoms with Crippen LogP contribution >= 0.6 is 27.3 Å². The molecule has 0 amide bonds. The fourth-order valence-electron chi connectivity index (χ4n) is 3.05. The summed E-state index contributed by atoms with van der Waals surface area (Å²) in [6.07, 6.45) is 5.47. The maximum absolute atomic E-state index is 11.0. The highest BCUT2D eigenvalue weighted by Crippen LogP contribution is 2.29. The van der Waals surface area contributed by atoms with Crippen LogP contribution < -0.4 is 5.32 Å². The number of aliphatic carboxylic acids is 1.